The number of nitrogens with one attached hydrogen (secondary N) is 1. The molecule has 130 valence electrons. The van der Waals surface area contributed by atoms with E-state index >= 15 is 0 Å². The quantitative estimate of drug-likeness (QED) is 0.441. The van der Waals surface area contributed by atoms with E-state index in [0.717, 1.165) is 0 Å². The van der Waals surface area contributed by atoms with Crippen LogP contribution in [0.4, 0.5) is 5.69 Å². The largest absolute Gasteiger partial charge is 0.463 e. The highest BCUT2D eigenvalue weighted by Gasteiger charge is 2.17. The van der Waals surface area contributed by atoms with E-state index < -0.39 is 10.8 Å². The number of benzene rings is 2. The summed E-state index contributed by atoms with van der Waals surface area (Å²) in [5.74, 6) is -0.618. The fourth-order valence-electron chi connectivity index (χ4n) is 2.47. The molecule has 0 aliphatic rings. The number of amides is 1. The minimum atomic E-state index is -0.618. The monoisotopic (exact) mass is 351 g/mol. The van der Waals surface area contributed by atoms with Crippen LogP contribution in [0, 0.1) is 17.0 Å². The Bertz CT molecular complexity index is 1100. The van der Waals surface area contributed by atoms with Crippen LogP contribution in [0.25, 0.3) is 11.0 Å². The summed E-state index contributed by atoms with van der Waals surface area (Å²) in [5, 5.41) is 15.1. The molecule has 1 amide bonds. The van der Waals surface area contributed by atoms with Crippen molar-refractivity contribution in [1.82, 2.24) is 5.43 Å². The van der Waals surface area contributed by atoms with Gasteiger partial charge in [0.2, 0.25) is 5.43 Å². The van der Waals surface area contributed by atoms with Crippen LogP contribution in [0.15, 0.2) is 63.0 Å². The molecule has 0 bridgehead atoms. The molecule has 0 unspecified atom stereocenters. The van der Waals surface area contributed by atoms with Crippen LogP contribution in [0.2, 0.25) is 0 Å². The molecule has 3 rings (SSSR count). The van der Waals surface area contributed by atoms with E-state index in [1.165, 1.54) is 37.6 Å². The third-order valence-electron chi connectivity index (χ3n) is 3.82. The standard InChI is InChI=1S/C18H13N3O5/c1-11-13(6-4-7-15(11)21(24)25)18(23)20-19-9-12-10-26-16-8-3-2-5-14(16)17(12)22/h2-10H,1H3,(H,20,23)/b19-9+. The third kappa shape index (κ3) is 3.20. The highest BCUT2D eigenvalue weighted by atomic mass is 16.6. The topological polar surface area (TPSA) is 115 Å². The second-order valence-electron chi connectivity index (χ2n) is 5.42. The highest BCUT2D eigenvalue weighted by molar-refractivity contribution is 5.97. The first-order valence-electron chi connectivity index (χ1n) is 7.57. The third-order valence-corrected chi connectivity index (χ3v) is 3.82. The molecule has 1 heterocycles. The molecule has 8 nitrogen and oxygen atoms in total. The number of carbonyl (C=O) groups excluding carboxylic acids is 1. The van der Waals surface area contributed by atoms with Crippen molar-refractivity contribution in [3.05, 3.63) is 85.8 Å². The number of fused-ring (bicyclic) bond motifs is 1. The van der Waals surface area contributed by atoms with E-state index in [4.69, 9.17) is 4.42 Å². The Morgan fingerprint density at radius 3 is 2.77 bits per heavy atom. The molecule has 0 aliphatic carbocycles. The number of nitro groups is 1. The lowest BCUT2D eigenvalue weighted by Crippen LogP contribution is -2.20. The first kappa shape index (κ1) is 17.0. The van der Waals surface area contributed by atoms with Crippen LogP contribution >= 0.6 is 0 Å². The van der Waals surface area contributed by atoms with Gasteiger partial charge in [0.05, 0.1) is 27.7 Å². The molecule has 0 atom stereocenters. The Hall–Kier alpha value is -3.81. The summed E-state index contributed by atoms with van der Waals surface area (Å²) in [6, 6.07) is 11.0. The average molecular weight is 351 g/mol. The van der Waals surface area contributed by atoms with Gasteiger partial charge in [0.1, 0.15) is 11.8 Å². The minimum absolute atomic E-state index is 0.127. The van der Waals surface area contributed by atoms with E-state index in [1.54, 1.807) is 24.3 Å². The maximum atomic E-state index is 12.3. The number of nitro benzene ring substituents is 1. The molecule has 0 saturated heterocycles. The summed E-state index contributed by atoms with van der Waals surface area (Å²) >= 11 is 0. The van der Waals surface area contributed by atoms with E-state index in [-0.39, 0.29) is 27.8 Å². The summed E-state index contributed by atoms with van der Waals surface area (Å²) in [7, 11) is 0. The molecule has 3 aromatic rings. The summed E-state index contributed by atoms with van der Waals surface area (Å²) in [6.07, 6.45) is 2.42. The number of carbonyl (C=O) groups is 1. The molecule has 0 radical (unpaired) electrons. The van der Waals surface area contributed by atoms with Crippen molar-refractivity contribution in [2.75, 3.05) is 0 Å². The van der Waals surface area contributed by atoms with Gasteiger partial charge in [0.25, 0.3) is 11.6 Å². The summed E-state index contributed by atoms with van der Waals surface area (Å²) in [5.41, 5.74) is 2.80. The Morgan fingerprint density at radius 1 is 1.23 bits per heavy atom. The van der Waals surface area contributed by atoms with Crippen molar-refractivity contribution >= 4 is 28.8 Å². The van der Waals surface area contributed by atoms with Crippen LogP contribution in [0.5, 0.6) is 0 Å². The van der Waals surface area contributed by atoms with Gasteiger partial charge in [-0.2, -0.15) is 5.10 Å². The highest BCUT2D eigenvalue weighted by Crippen LogP contribution is 2.20. The van der Waals surface area contributed by atoms with Crippen molar-refractivity contribution in [3.63, 3.8) is 0 Å². The number of rotatable bonds is 4. The van der Waals surface area contributed by atoms with Gasteiger partial charge in [-0.15, -0.1) is 0 Å². The van der Waals surface area contributed by atoms with Crippen LogP contribution in [0.3, 0.4) is 0 Å². The molecular weight excluding hydrogens is 338 g/mol. The van der Waals surface area contributed by atoms with Gasteiger partial charge in [-0.25, -0.2) is 5.43 Å². The second kappa shape index (κ2) is 6.98. The first-order valence-corrected chi connectivity index (χ1v) is 7.57. The zero-order chi connectivity index (χ0) is 18.7. The first-order chi connectivity index (χ1) is 12.5. The van der Waals surface area contributed by atoms with E-state index in [1.807, 2.05) is 0 Å². The van der Waals surface area contributed by atoms with E-state index in [9.17, 15) is 19.7 Å². The molecule has 8 heteroatoms. The number of hydrogen-bond acceptors (Lipinski definition) is 6. The molecule has 26 heavy (non-hydrogen) atoms. The zero-order valence-corrected chi connectivity index (χ0v) is 13.6. The number of para-hydroxylation sites is 1. The maximum Gasteiger partial charge on any atom is 0.273 e. The molecule has 0 saturated carbocycles. The van der Waals surface area contributed by atoms with Gasteiger partial charge >= 0.3 is 0 Å². The average Bonchev–Trinajstić information content (AvgIpc) is 2.63. The van der Waals surface area contributed by atoms with Crippen LogP contribution in [0.1, 0.15) is 21.5 Å². The number of hydrogen-bond donors (Lipinski definition) is 1. The summed E-state index contributed by atoms with van der Waals surface area (Å²) in [6.45, 7) is 1.48. The Labute approximate surface area is 146 Å². The second-order valence-corrected chi connectivity index (χ2v) is 5.42. The van der Waals surface area contributed by atoms with Gasteiger partial charge in [0, 0.05) is 11.6 Å². The van der Waals surface area contributed by atoms with E-state index in [0.29, 0.717) is 11.0 Å². The molecule has 0 spiro atoms. The van der Waals surface area contributed by atoms with Crippen molar-refractivity contribution < 1.29 is 14.1 Å². The zero-order valence-electron chi connectivity index (χ0n) is 13.6. The SMILES string of the molecule is Cc1c(C(=O)N/N=C/c2coc3ccccc3c2=O)cccc1[N+](=O)[O-]. The van der Waals surface area contributed by atoms with Crippen molar-refractivity contribution in [2.24, 2.45) is 5.10 Å². The maximum absolute atomic E-state index is 12.3. The van der Waals surface area contributed by atoms with Crippen molar-refractivity contribution in [1.29, 1.82) is 0 Å². The molecule has 0 aliphatic heterocycles. The molecule has 1 N–H and O–H groups in total. The van der Waals surface area contributed by atoms with Crippen molar-refractivity contribution in [2.45, 2.75) is 6.92 Å². The lowest BCUT2D eigenvalue weighted by molar-refractivity contribution is -0.385. The lowest BCUT2D eigenvalue weighted by atomic mass is 10.1. The summed E-state index contributed by atoms with van der Waals surface area (Å²) in [4.78, 5) is 34.9. The van der Waals surface area contributed by atoms with Gasteiger partial charge in [-0.05, 0) is 25.1 Å². The Kier molecular flexibility index (Phi) is 4.57. The predicted molar refractivity (Wildman–Crippen MR) is 95.4 cm³/mol. The summed E-state index contributed by atoms with van der Waals surface area (Å²) < 4.78 is 5.35. The van der Waals surface area contributed by atoms with Gasteiger partial charge in [0.15, 0.2) is 0 Å². The van der Waals surface area contributed by atoms with Crippen LogP contribution < -0.4 is 10.9 Å². The van der Waals surface area contributed by atoms with Crippen molar-refractivity contribution in [3.8, 4) is 0 Å². The molecule has 0 fully saturated rings. The fraction of sp³-hybridized carbons (Fsp3) is 0.0556. The van der Waals surface area contributed by atoms with Gasteiger partial charge < -0.3 is 4.42 Å². The lowest BCUT2D eigenvalue weighted by Gasteiger charge is -2.04. The minimum Gasteiger partial charge on any atom is -0.463 e. The molecule has 2 aromatic carbocycles. The van der Waals surface area contributed by atoms with Crippen LogP contribution in [-0.2, 0) is 0 Å². The van der Waals surface area contributed by atoms with Gasteiger partial charge in [-0.1, -0.05) is 18.2 Å². The Morgan fingerprint density at radius 2 is 2.00 bits per heavy atom. The molecular formula is C18H13N3O5. The Balaban J connectivity index is 1.82. The number of nitrogens with zero attached hydrogens (tertiary/aromatic N) is 2. The fourth-order valence-corrected chi connectivity index (χ4v) is 2.47. The number of hydrazone groups is 1. The normalized spacial score (nSPS) is 11.0. The van der Waals surface area contributed by atoms with Gasteiger partial charge in [-0.3, -0.25) is 19.7 Å². The van der Waals surface area contributed by atoms with E-state index in [2.05, 4.69) is 10.5 Å². The van der Waals surface area contributed by atoms with Crippen LogP contribution in [-0.4, -0.2) is 17.0 Å². The smallest absolute Gasteiger partial charge is 0.273 e. The molecule has 1 aromatic heterocycles. The predicted octanol–water partition coefficient (Wildman–Crippen LogP) is 2.77.